The molecule has 0 aromatic heterocycles. The summed E-state index contributed by atoms with van der Waals surface area (Å²) in [5, 5.41) is 18.9. The van der Waals surface area contributed by atoms with Crippen molar-refractivity contribution in [1.29, 1.82) is 0 Å². The Hall–Kier alpha value is -3.17. The standard InChI is InChI=1S/C26H24O3/c27-17-23-8-4-3-7-22(23)16-24(13-18-9-11-19(12-10-18)26(28)29)25-14-20-5-1-2-6-21(20)15-25/h1-12,14,24,27H,13,15-17H2,(H,28,29)/t24-/m0/s1. The van der Waals surface area contributed by atoms with Gasteiger partial charge in [-0.2, -0.15) is 0 Å². The molecular formula is C26H24O3. The van der Waals surface area contributed by atoms with Gasteiger partial charge in [0.25, 0.3) is 0 Å². The van der Waals surface area contributed by atoms with Crippen LogP contribution in [0.2, 0.25) is 0 Å². The van der Waals surface area contributed by atoms with Gasteiger partial charge in [-0.3, -0.25) is 0 Å². The molecule has 0 aliphatic heterocycles. The minimum absolute atomic E-state index is 0.0372. The minimum atomic E-state index is -0.904. The van der Waals surface area contributed by atoms with Crippen molar-refractivity contribution in [2.75, 3.05) is 0 Å². The summed E-state index contributed by atoms with van der Waals surface area (Å²) >= 11 is 0. The van der Waals surface area contributed by atoms with Crippen molar-refractivity contribution in [3.05, 3.63) is 112 Å². The largest absolute Gasteiger partial charge is 0.478 e. The zero-order valence-electron chi connectivity index (χ0n) is 16.2. The van der Waals surface area contributed by atoms with E-state index in [4.69, 9.17) is 5.11 Å². The van der Waals surface area contributed by atoms with Crippen LogP contribution in [0.3, 0.4) is 0 Å². The van der Waals surface area contributed by atoms with E-state index in [0.29, 0.717) is 5.56 Å². The van der Waals surface area contributed by atoms with Crippen LogP contribution in [0.1, 0.15) is 38.2 Å². The van der Waals surface area contributed by atoms with E-state index in [1.807, 2.05) is 30.3 Å². The van der Waals surface area contributed by atoms with E-state index >= 15 is 0 Å². The van der Waals surface area contributed by atoms with Crippen molar-refractivity contribution in [1.82, 2.24) is 0 Å². The summed E-state index contributed by atoms with van der Waals surface area (Å²) in [4.78, 5) is 11.1. The molecule has 3 heteroatoms. The molecule has 0 fully saturated rings. The van der Waals surface area contributed by atoms with Crippen molar-refractivity contribution < 1.29 is 15.0 Å². The fourth-order valence-electron chi connectivity index (χ4n) is 4.15. The van der Waals surface area contributed by atoms with Crippen molar-refractivity contribution in [2.24, 2.45) is 5.92 Å². The average molecular weight is 384 g/mol. The SMILES string of the molecule is O=C(O)c1ccc(C[C@@H](Cc2ccccc2CO)C2=Cc3ccccc3C2)cc1. The third kappa shape index (κ3) is 4.30. The first-order chi connectivity index (χ1) is 14.1. The second-order valence-corrected chi connectivity index (χ2v) is 7.63. The van der Waals surface area contributed by atoms with Crippen molar-refractivity contribution in [3.63, 3.8) is 0 Å². The number of aliphatic hydroxyl groups excluding tert-OH is 1. The second-order valence-electron chi connectivity index (χ2n) is 7.63. The van der Waals surface area contributed by atoms with Crippen molar-refractivity contribution in [3.8, 4) is 0 Å². The maximum Gasteiger partial charge on any atom is 0.335 e. The van der Waals surface area contributed by atoms with Crippen molar-refractivity contribution >= 4 is 12.0 Å². The highest BCUT2D eigenvalue weighted by atomic mass is 16.4. The van der Waals surface area contributed by atoms with Gasteiger partial charge in [-0.05, 0) is 65.1 Å². The molecule has 0 spiro atoms. The number of hydrogen-bond acceptors (Lipinski definition) is 2. The Labute approximate surface area is 171 Å². The molecule has 3 aromatic rings. The van der Waals surface area contributed by atoms with E-state index in [1.165, 1.54) is 22.3 Å². The molecule has 1 aliphatic carbocycles. The van der Waals surface area contributed by atoms with Crippen LogP contribution in [0.5, 0.6) is 0 Å². The van der Waals surface area contributed by atoms with Gasteiger partial charge in [0.2, 0.25) is 0 Å². The Kier molecular flexibility index (Phi) is 5.59. The summed E-state index contributed by atoms with van der Waals surface area (Å²) in [6, 6.07) is 23.7. The van der Waals surface area contributed by atoms with Gasteiger partial charge in [0, 0.05) is 0 Å². The lowest BCUT2D eigenvalue weighted by Crippen LogP contribution is -2.13. The fraction of sp³-hybridized carbons (Fsp3) is 0.192. The van der Waals surface area contributed by atoms with Gasteiger partial charge >= 0.3 is 5.97 Å². The van der Waals surface area contributed by atoms with Gasteiger partial charge in [-0.15, -0.1) is 0 Å². The quantitative estimate of drug-likeness (QED) is 0.608. The fourth-order valence-corrected chi connectivity index (χ4v) is 4.15. The molecule has 1 atom stereocenters. The Morgan fingerprint density at radius 1 is 0.862 bits per heavy atom. The van der Waals surface area contributed by atoms with Crippen molar-refractivity contribution in [2.45, 2.75) is 25.9 Å². The number of benzene rings is 3. The monoisotopic (exact) mass is 384 g/mol. The van der Waals surface area contributed by atoms with Crippen LogP contribution in [0, 0.1) is 5.92 Å². The van der Waals surface area contributed by atoms with Gasteiger partial charge in [0.15, 0.2) is 0 Å². The minimum Gasteiger partial charge on any atom is -0.478 e. The van der Waals surface area contributed by atoms with Gasteiger partial charge in [-0.1, -0.05) is 72.3 Å². The third-order valence-corrected chi connectivity index (χ3v) is 5.75. The number of aliphatic hydroxyl groups is 1. The Morgan fingerprint density at radius 3 is 2.24 bits per heavy atom. The maximum absolute atomic E-state index is 11.1. The summed E-state index contributed by atoms with van der Waals surface area (Å²) in [7, 11) is 0. The smallest absolute Gasteiger partial charge is 0.335 e. The second kappa shape index (κ2) is 8.46. The highest BCUT2D eigenvalue weighted by Crippen LogP contribution is 2.33. The van der Waals surface area contributed by atoms with E-state index in [1.54, 1.807) is 12.1 Å². The van der Waals surface area contributed by atoms with Crippen LogP contribution < -0.4 is 0 Å². The normalized spacial score (nSPS) is 13.6. The topological polar surface area (TPSA) is 57.5 Å². The first-order valence-corrected chi connectivity index (χ1v) is 9.92. The predicted molar refractivity (Wildman–Crippen MR) is 115 cm³/mol. The molecule has 29 heavy (non-hydrogen) atoms. The lowest BCUT2D eigenvalue weighted by atomic mass is 9.84. The molecule has 3 nitrogen and oxygen atoms in total. The zero-order chi connectivity index (χ0) is 20.2. The van der Waals surface area contributed by atoms with Crippen LogP contribution >= 0.6 is 0 Å². The van der Waals surface area contributed by atoms with Gasteiger partial charge in [-0.25, -0.2) is 4.79 Å². The number of carboxylic acid groups (broad SMARTS) is 1. The molecule has 4 rings (SSSR count). The molecule has 2 N–H and O–H groups in total. The lowest BCUT2D eigenvalue weighted by molar-refractivity contribution is 0.0697. The lowest BCUT2D eigenvalue weighted by Gasteiger charge is -2.21. The molecule has 0 heterocycles. The Balaban J connectivity index is 1.63. The molecular weight excluding hydrogens is 360 g/mol. The maximum atomic E-state index is 11.1. The van der Waals surface area contributed by atoms with E-state index < -0.39 is 5.97 Å². The van der Waals surface area contributed by atoms with Crippen LogP contribution in [-0.2, 0) is 25.9 Å². The molecule has 146 valence electrons. The van der Waals surface area contributed by atoms with Gasteiger partial charge in [0.05, 0.1) is 12.2 Å². The van der Waals surface area contributed by atoms with E-state index in [9.17, 15) is 9.90 Å². The summed E-state index contributed by atoms with van der Waals surface area (Å²) in [6.45, 7) is 0.0372. The van der Waals surface area contributed by atoms with Crippen LogP contribution in [0.25, 0.3) is 6.08 Å². The summed E-state index contributed by atoms with van der Waals surface area (Å²) in [5.74, 6) is -0.621. The van der Waals surface area contributed by atoms with E-state index in [2.05, 4.69) is 36.4 Å². The molecule has 3 aromatic carbocycles. The highest BCUT2D eigenvalue weighted by molar-refractivity contribution is 5.87. The molecule has 0 saturated carbocycles. The average Bonchev–Trinajstić information content (AvgIpc) is 3.18. The number of fused-ring (bicyclic) bond motifs is 1. The van der Waals surface area contributed by atoms with Crippen LogP contribution in [0.4, 0.5) is 0 Å². The van der Waals surface area contributed by atoms with Crippen LogP contribution in [0.15, 0.2) is 78.4 Å². The third-order valence-electron chi connectivity index (χ3n) is 5.75. The van der Waals surface area contributed by atoms with E-state index in [-0.39, 0.29) is 12.5 Å². The number of allylic oxidation sites excluding steroid dienone is 1. The summed E-state index contributed by atoms with van der Waals surface area (Å²) in [5.41, 5.74) is 7.59. The number of rotatable bonds is 7. The Bertz CT molecular complexity index is 1050. The first kappa shape index (κ1) is 19.2. The molecule has 0 amide bonds. The highest BCUT2D eigenvalue weighted by Gasteiger charge is 2.22. The number of carbonyl (C=O) groups is 1. The number of carboxylic acids is 1. The number of hydrogen-bond donors (Lipinski definition) is 2. The summed E-state index contributed by atoms with van der Waals surface area (Å²) < 4.78 is 0. The van der Waals surface area contributed by atoms with Crippen LogP contribution in [-0.4, -0.2) is 16.2 Å². The molecule has 0 radical (unpaired) electrons. The first-order valence-electron chi connectivity index (χ1n) is 9.92. The predicted octanol–water partition coefficient (Wildman–Crippen LogP) is 4.92. The number of aromatic carboxylic acids is 1. The molecule has 0 saturated heterocycles. The summed E-state index contributed by atoms with van der Waals surface area (Å²) in [6.07, 6.45) is 4.92. The Morgan fingerprint density at radius 2 is 1.55 bits per heavy atom. The van der Waals surface area contributed by atoms with E-state index in [0.717, 1.165) is 30.4 Å². The van der Waals surface area contributed by atoms with Gasteiger partial charge in [0.1, 0.15) is 0 Å². The molecule has 1 aliphatic rings. The van der Waals surface area contributed by atoms with Gasteiger partial charge < -0.3 is 10.2 Å². The molecule has 0 unspecified atom stereocenters. The molecule has 0 bridgehead atoms. The zero-order valence-corrected chi connectivity index (χ0v) is 16.2.